The molecule has 1 amide bonds. The summed E-state index contributed by atoms with van der Waals surface area (Å²) >= 11 is 0. The summed E-state index contributed by atoms with van der Waals surface area (Å²) in [7, 11) is 1.52. The zero-order chi connectivity index (χ0) is 25.0. The van der Waals surface area contributed by atoms with E-state index < -0.39 is 18.1 Å². The number of rotatable bonds is 6. The van der Waals surface area contributed by atoms with Crippen molar-refractivity contribution >= 4 is 28.3 Å². The van der Waals surface area contributed by atoms with Gasteiger partial charge in [0, 0.05) is 28.7 Å². The van der Waals surface area contributed by atoms with Gasteiger partial charge in [-0.1, -0.05) is 12.0 Å². The van der Waals surface area contributed by atoms with Gasteiger partial charge in [0.15, 0.2) is 11.5 Å². The number of nitrogens with one attached hydrogen (secondary N) is 2. The first kappa shape index (κ1) is 24.1. The van der Waals surface area contributed by atoms with Gasteiger partial charge in [-0.3, -0.25) is 4.79 Å². The molecular weight excluding hydrogens is 461 g/mol. The highest BCUT2D eigenvalue weighted by Crippen LogP contribution is 2.37. The molecule has 4 rings (SSSR count). The number of carbonyl (C=O) groups is 1. The number of amides is 1. The zero-order valence-corrected chi connectivity index (χ0v) is 18.9. The number of methoxy groups -OCH3 is 1. The molecule has 0 radical (unpaired) electrons. The summed E-state index contributed by atoms with van der Waals surface area (Å²) in [6, 6.07) is 10.3. The van der Waals surface area contributed by atoms with Crippen molar-refractivity contribution in [1.82, 2.24) is 15.3 Å². The van der Waals surface area contributed by atoms with E-state index in [0.717, 1.165) is 11.3 Å². The minimum atomic E-state index is -4.89. The fourth-order valence-electron chi connectivity index (χ4n) is 4.01. The molecule has 2 aromatic carbocycles. The first-order valence-electron chi connectivity index (χ1n) is 11.0. The monoisotopic (exact) mass is 484 g/mol. The van der Waals surface area contributed by atoms with E-state index in [1.165, 1.54) is 13.4 Å². The number of fused-ring (bicyclic) bond motifs is 1. The summed E-state index contributed by atoms with van der Waals surface area (Å²) in [6.45, 7) is 0. The molecule has 1 aliphatic rings. The van der Waals surface area contributed by atoms with Gasteiger partial charge in [0.25, 0.3) is 0 Å². The molecule has 1 aliphatic carbocycles. The van der Waals surface area contributed by atoms with E-state index >= 15 is 0 Å². The van der Waals surface area contributed by atoms with Crippen molar-refractivity contribution in [3.63, 3.8) is 0 Å². The Hall–Kier alpha value is -4.00. The highest BCUT2D eigenvalue weighted by molar-refractivity contribution is 5.93. The van der Waals surface area contributed by atoms with E-state index in [1.807, 2.05) is 29.6 Å². The lowest BCUT2D eigenvalue weighted by molar-refractivity contribution is -0.174. The molecule has 2 N–H and O–H groups in total. The smallest absolute Gasteiger partial charge is 0.471 e. The lowest BCUT2D eigenvalue weighted by atomic mass is 9.93. The summed E-state index contributed by atoms with van der Waals surface area (Å²) < 4.78 is 49.2. The molecule has 10 heteroatoms. The Bertz CT molecular complexity index is 1270. The van der Waals surface area contributed by atoms with Crippen molar-refractivity contribution in [3.8, 4) is 23.8 Å². The highest BCUT2D eigenvalue weighted by Gasteiger charge is 2.40. The van der Waals surface area contributed by atoms with Gasteiger partial charge < -0.3 is 20.1 Å². The molecule has 0 atom stereocenters. The maximum atomic E-state index is 12.5. The Morgan fingerprint density at radius 3 is 2.57 bits per heavy atom. The van der Waals surface area contributed by atoms with E-state index in [-0.39, 0.29) is 6.10 Å². The minimum Gasteiger partial charge on any atom is -0.493 e. The largest absolute Gasteiger partial charge is 0.493 e. The van der Waals surface area contributed by atoms with Crippen LogP contribution >= 0.6 is 0 Å². The molecule has 0 spiro atoms. The van der Waals surface area contributed by atoms with Crippen LogP contribution in [-0.2, 0) is 4.79 Å². The van der Waals surface area contributed by atoms with E-state index in [0.29, 0.717) is 53.9 Å². The number of hydrogen-bond donors (Lipinski definition) is 2. The summed E-state index contributed by atoms with van der Waals surface area (Å²) in [5, 5.41) is 5.99. The van der Waals surface area contributed by atoms with Crippen LogP contribution in [0.3, 0.4) is 0 Å². The third kappa shape index (κ3) is 5.74. The van der Waals surface area contributed by atoms with Gasteiger partial charge in [0.1, 0.15) is 12.1 Å². The second kappa shape index (κ2) is 10.1. The third-order valence-electron chi connectivity index (χ3n) is 5.77. The summed E-state index contributed by atoms with van der Waals surface area (Å²) in [5.74, 6) is 2.18. The van der Waals surface area contributed by atoms with Crippen molar-refractivity contribution in [2.24, 2.45) is 0 Å². The van der Waals surface area contributed by atoms with Crippen LogP contribution in [0, 0.1) is 12.3 Å². The quantitative estimate of drug-likeness (QED) is 0.492. The molecule has 1 fully saturated rings. The Kier molecular flexibility index (Phi) is 6.96. The molecule has 0 aliphatic heterocycles. The number of alkyl halides is 3. The zero-order valence-electron chi connectivity index (χ0n) is 18.9. The second-order valence-electron chi connectivity index (χ2n) is 8.16. The number of ether oxygens (including phenoxy) is 2. The molecule has 1 aromatic heterocycles. The average molecular weight is 484 g/mol. The van der Waals surface area contributed by atoms with Gasteiger partial charge in [0.05, 0.1) is 18.7 Å². The molecule has 3 aromatic rings. The van der Waals surface area contributed by atoms with Gasteiger partial charge in [0.2, 0.25) is 0 Å². The Morgan fingerprint density at radius 2 is 1.89 bits per heavy atom. The van der Waals surface area contributed by atoms with Crippen LogP contribution in [0.5, 0.6) is 11.5 Å². The van der Waals surface area contributed by atoms with Crippen LogP contribution in [0.15, 0.2) is 42.7 Å². The van der Waals surface area contributed by atoms with Crippen LogP contribution in [0.25, 0.3) is 10.9 Å². The standard InChI is InChI=1S/C25H23F3N4O3/c1-3-15-5-4-6-17(11-15)31-23-19-12-22(21(34-2)13-20(19)29-14-30-23)35-18-9-7-16(8-10-18)32-24(33)25(26,27)28/h1,4-6,11-14,16,18H,7-10H2,2H3,(H,32,33)(H,29,30,31). The lowest BCUT2D eigenvalue weighted by Gasteiger charge is -2.30. The topological polar surface area (TPSA) is 85.4 Å². The van der Waals surface area contributed by atoms with E-state index in [1.54, 1.807) is 12.1 Å². The predicted molar refractivity (Wildman–Crippen MR) is 125 cm³/mol. The van der Waals surface area contributed by atoms with Gasteiger partial charge in [-0.2, -0.15) is 13.2 Å². The molecule has 7 nitrogen and oxygen atoms in total. The molecule has 1 saturated carbocycles. The fraction of sp³-hybridized carbons (Fsp3) is 0.320. The van der Waals surface area contributed by atoms with Gasteiger partial charge in [-0.05, 0) is 49.9 Å². The summed E-state index contributed by atoms with van der Waals surface area (Å²) in [6.07, 6.45) is 3.53. The number of benzene rings is 2. The van der Waals surface area contributed by atoms with Gasteiger partial charge >= 0.3 is 12.1 Å². The maximum absolute atomic E-state index is 12.5. The molecule has 0 unspecified atom stereocenters. The minimum absolute atomic E-state index is 0.242. The molecule has 182 valence electrons. The maximum Gasteiger partial charge on any atom is 0.471 e. The fourth-order valence-corrected chi connectivity index (χ4v) is 4.01. The van der Waals surface area contributed by atoms with Crippen LogP contribution in [0.1, 0.15) is 31.2 Å². The van der Waals surface area contributed by atoms with E-state index in [2.05, 4.69) is 21.2 Å². The molecule has 0 saturated heterocycles. The molecule has 0 bridgehead atoms. The molecular formula is C25H23F3N4O3. The average Bonchev–Trinajstić information content (AvgIpc) is 2.84. The SMILES string of the molecule is C#Cc1cccc(Nc2ncnc3cc(OC)c(OC4CCC(NC(=O)C(F)(F)F)CC4)cc23)c1. The predicted octanol–water partition coefficient (Wildman–Crippen LogP) is 4.73. The Labute approximate surface area is 200 Å². The third-order valence-corrected chi connectivity index (χ3v) is 5.77. The normalized spacial score (nSPS) is 17.9. The number of carbonyl (C=O) groups excluding carboxylic acids is 1. The van der Waals surface area contributed by atoms with Gasteiger partial charge in [-0.15, -0.1) is 6.42 Å². The van der Waals surface area contributed by atoms with Crippen LogP contribution < -0.4 is 20.1 Å². The number of anilines is 2. The number of nitrogens with zero attached hydrogens (tertiary/aromatic N) is 2. The van der Waals surface area contributed by atoms with Gasteiger partial charge in [-0.25, -0.2) is 9.97 Å². The summed E-state index contributed by atoms with van der Waals surface area (Å²) in [5.41, 5.74) is 2.12. The van der Waals surface area contributed by atoms with Crippen molar-refractivity contribution in [2.75, 3.05) is 12.4 Å². The molecule has 1 heterocycles. The van der Waals surface area contributed by atoms with Crippen LogP contribution in [-0.4, -0.2) is 41.3 Å². The lowest BCUT2D eigenvalue weighted by Crippen LogP contribution is -2.45. The highest BCUT2D eigenvalue weighted by atomic mass is 19.4. The van der Waals surface area contributed by atoms with E-state index in [9.17, 15) is 18.0 Å². The van der Waals surface area contributed by atoms with Crippen molar-refractivity contribution in [2.45, 2.75) is 44.0 Å². The number of aromatic nitrogens is 2. The Balaban J connectivity index is 1.51. The second-order valence-corrected chi connectivity index (χ2v) is 8.16. The first-order chi connectivity index (χ1) is 16.8. The van der Waals surface area contributed by atoms with Crippen LogP contribution in [0.2, 0.25) is 0 Å². The van der Waals surface area contributed by atoms with E-state index in [4.69, 9.17) is 15.9 Å². The summed E-state index contributed by atoms with van der Waals surface area (Å²) in [4.78, 5) is 19.9. The molecule has 35 heavy (non-hydrogen) atoms. The number of halogens is 3. The van der Waals surface area contributed by atoms with Crippen molar-refractivity contribution in [1.29, 1.82) is 0 Å². The van der Waals surface area contributed by atoms with Crippen molar-refractivity contribution < 1.29 is 27.4 Å². The first-order valence-corrected chi connectivity index (χ1v) is 11.0. The number of hydrogen-bond acceptors (Lipinski definition) is 6. The van der Waals surface area contributed by atoms with Crippen molar-refractivity contribution in [3.05, 3.63) is 48.3 Å². The number of terminal acetylenes is 1. The Morgan fingerprint density at radius 1 is 1.11 bits per heavy atom. The van der Waals surface area contributed by atoms with Crippen LogP contribution in [0.4, 0.5) is 24.7 Å².